The summed E-state index contributed by atoms with van der Waals surface area (Å²) in [5, 5.41) is 3.52. The maximum atomic E-state index is 4.42. The summed E-state index contributed by atoms with van der Waals surface area (Å²) in [6.45, 7) is 2.27. The van der Waals surface area contributed by atoms with E-state index in [1.165, 1.54) is 38.6 Å². The molecule has 4 heteroatoms. The van der Waals surface area contributed by atoms with Crippen LogP contribution in [-0.4, -0.2) is 40.6 Å². The molecule has 1 N–H and O–H groups in total. The minimum atomic E-state index is 0.674. The molecule has 0 amide bonds. The summed E-state index contributed by atoms with van der Waals surface area (Å²) in [6.07, 6.45) is 10.7. The molecule has 94 valence electrons. The van der Waals surface area contributed by atoms with Crippen LogP contribution in [-0.2, 0) is 0 Å². The molecule has 1 saturated heterocycles. The van der Waals surface area contributed by atoms with E-state index in [0.717, 1.165) is 12.5 Å². The van der Waals surface area contributed by atoms with Crippen molar-refractivity contribution >= 4 is 5.95 Å². The van der Waals surface area contributed by atoms with E-state index in [1.54, 1.807) is 0 Å². The van der Waals surface area contributed by atoms with Crippen LogP contribution in [0.5, 0.6) is 0 Å². The predicted molar refractivity (Wildman–Crippen MR) is 69.3 cm³/mol. The number of imidazole rings is 1. The largest absolute Gasteiger partial charge is 0.354 e. The van der Waals surface area contributed by atoms with Gasteiger partial charge in [-0.15, -0.1) is 0 Å². The van der Waals surface area contributed by atoms with Crippen LogP contribution in [0, 0.1) is 0 Å². The fourth-order valence-corrected chi connectivity index (χ4v) is 2.71. The molecule has 0 radical (unpaired) electrons. The highest BCUT2D eigenvalue weighted by atomic mass is 15.2. The molecule has 1 aliphatic heterocycles. The number of aromatic nitrogens is 2. The van der Waals surface area contributed by atoms with E-state index in [1.807, 2.05) is 6.20 Å². The Bertz CT molecular complexity index is 369. The normalized spacial score (nSPS) is 26.1. The van der Waals surface area contributed by atoms with E-state index in [9.17, 15) is 0 Å². The summed E-state index contributed by atoms with van der Waals surface area (Å²) in [5.41, 5.74) is 0. The van der Waals surface area contributed by atoms with Gasteiger partial charge in [0.15, 0.2) is 0 Å². The van der Waals surface area contributed by atoms with Crippen molar-refractivity contribution in [1.82, 2.24) is 14.5 Å². The number of anilines is 1. The van der Waals surface area contributed by atoms with Gasteiger partial charge in [0.05, 0.1) is 0 Å². The van der Waals surface area contributed by atoms with Gasteiger partial charge in [-0.1, -0.05) is 6.42 Å². The maximum Gasteiger partial charge on any atom is 0.203 e. The highest BCUT2D eigenvalue weighted by molar-refractivity contribution is 5.28. The maximum absolute atomic E-state index is 4.42. The van der Waals surface area contributed by atoms with E-state index < -0.39 is 0 Å². The van der Waals surface area contributed by atoms with Gasteiger partial charge >= 0.3 is 0 Å². The number of piperidine rings is 1. The van der Waals surface area contributed by atoms with Gasteiger partial charge in [0.25, 0.3) is 0 Å². The Balaban J connectivity index is 1.57. The van der Waals surface area contributed by atoms with Crippen LogP contribution in [0.3, 0.4) is 0 Å². The molecule has 0 aromatic carbocycles. The Morgan fingerprint density at radius 1 is 1.35 bits per heavy atom. The fraction of sp³-hybridized carbons (Fsp3) is 0.769. The second-order valence-electron chi connectivity index (χ2n) is 5.40. The molecular formula is C13H22N4. The van der Waals surface area contributed by atoms with Gasteiger partial charge in [-0.05, 0) is 39.3 Å². The van der Waals surface area contributed by atoms with Gasteiger partial charge in [-0.2, -0.15) is 0 Å². The molecule has 1 atom stereocenters. The van der Waals surface area contributed by atoms with Crippen molar-refractivity contribution in [3.05, 3.63) is 12.4 Å². The first-order chi connectivity index (χ1) is 8.34. The van der Waals surface area contributed by atoms with E-state index in [-0.39, 0.29) is 0 Å². The molecule has 4 nitrogen and oxygen atoms in total. The van der Waals surface area contributed by atoms with Crippen molar-refractivity contribution in [3.63, 3.8) is 0 Å². The molecule has 1 aromatic heterocycles. The van der Waals surface area contributed by atoms with Crippen molar-refractivity contribution in [2.24, 2.45) is 0 Å². The zero-order valence-corrected chi connectivity index (χ0v) is 10.6. The summed E-state index contributed by atoms with van der Waals surface area (Å²) < 4.78 is 2.29. The highest BCUT2D eigenvalue weighted by Gasteiger charge is 2.26. The van der Waals surface area contributed by atoms with Crippen molar-refractivity contribution < 1.29 is 0 Å². The van der Waals surface area contributed by atoms with E-state index in [2.05, 4.69) is 33.0 Å². The number of nitrogens with one attached hydrogen (secondary N) is 1. The first-order valence-corrected chi connectivity index (χ1v) is 6.81. The van der Waals surface area contributed by atoms with Crippen LogP contribution in [0.2, 0.25) is 0 Å². The SMILES string of the molecule is CN1CCCCC1CNc1nccn1C1CC1. The van der Waals surface area contributed by atoms with Crippen molar-refractivity contribution in [3.8, 4) is 0 Å². The summed E-state index contributed by atoms with van der Waals surface area (Å²) >= 11 is 0. The smallest absolute Gasteiger partial charge is 0.203 e. The minimum absolute atomic E-state index is 0.674. The van der Waals surface area contributed by atoms with Crippen LogP contribution < -0.4 is 5.32 Å². The molecule has 3 rings (SSSR count). The Hall–Kier alpha value is -1.03. The van der Waals surface area contributed by atoms with E-state index in [4.69, 9.17) is 0 Å². The summed E-state index contributed by atoms with van der Waals surface area (Å²) in [5.74, 6) is 1.06. The molecule has 1 saturated carbocycles. The number of rotatable bonds is 4. The van der Waals surface area contributed by atoms with Crippen molar-refractivity contribution in [2.75, 3.05) is 25.5 Å². The number of hydrogen-bond donors (Lipinski definition) is 1. The monoisotopic (exact) mass is 234 g/mol. The summed E-state index contributed by atoms with van der Waals surface area (Å²) in [4.78, 5) is 6.89. The lowest BCUT2D eigenvalue weighted by atomic mass is 10.0. The first kappa shape index (κ1) is 11.1. The molecule has 2 heterocycles. The number of hydrogen-bond acceptors (Lipinski definition) is 3. The van der Waals surface area contributed by atoms with Gasteiger partial charge in [0, 0.05) is 31.0 Å². The van der Waals surface area contributed by atoms with Crippen LogP contribution in [0.15, 0.2) is 12.4 Å². The molecule has 17 heavy (non-hydrogen) atoms. The highest BCUT2D eigenvalue weighted by Crippen LogP contribution is 2.36. The lowest BCUT2D eigenvalue weighted by molar-refractivity contribution is 0.194. The second-order valence-corrected chi connectivity index (χ2v) is 5.40. The van der Waals surface area contributed by atoms with Crippen LogP contribution in [0.4, 0.5) is 5.95 Å². The van der Waals surface area contributed by atoms with Crippen molar-refractivity contribution in [1.29, 1.82) is 0 Å². The van der Waals surface area contributed by atoms with Gasteiger partial charge in [-0.3, -0.25) is 0 Å². The molecule has 1 aliphatic carbocycles. The number of likely N-dealkylation sites (N-methyl/N-ethyl adjacent to an activating group) is 1. The average Bonchev–Trinajstić information content (AvgIpc) is 3.08. The van der Waals surface area contributed by atoms with Crippen LogP contribution in [0.1, 0.15) is 38.1 Å². The van der Waals surface area contributed by atoms with Crippen LogP contribution in [0.25, 0.3) is 0 Å². The molecule has 1 unspecified atom stereocenters. The van der Waals surface area contributed by atoms with Gasteiger partial charge < -0.3 is 14.8 Å². The fourth-order valence-electron chi connectivity index (χ4n) is 2.71. The van der Waals surface area contributed by atoms with Gasteiger partial charge in [-0.25, -0.2) is 4.98 Å². The lowest BCUT2D eigenvalue weighted by Crippen LogP contribution is -2.41. The zero-order chi connectivity index (χ0) is 11.7. The third-order valence-corrected chi connectivity index (χ3v) is 4.03. The van der Waals surface area contributed by atoms with Gasteiger partial charge in [0.1, 0.15) is 0 Å². The van der Waals surface area contributed by atoms with Crippen LogP contribution >= 0.6 is 0 Å². The standard InChI is InChI=1S/C13H22N4/c1-16-8-3-2-4-12(16)10-15-13-14-7-9-17(13)11-5-6-11/h7,9,11-12H,2-6,8,10H2,1H3,(H,14,15). The number of nitrogens with zero attached hydrogens (tertiary/aromatic N) is 3. The Kier molecular flexibility index (Phi) is 3.05. The van der Waals surface area contributed by atoms with Gasteiger partial charge in [0.2, 0.25) is 5.95 Å². The Morgan fingerprint density at radius 2 is 2.24 bits per heavy atom. The molecular weight excluding hydrogens is 212 g/mol. The number of likely N-dealkylation sites (tertiary alicyclic amines) is 1. The average molecular weight is 234 g/mol. The quantitative estimate of drug-likeness (QED) is 0.866. The Morgan fingerprint density at radius 3 is 3.00 bits per heavy atom. The third kappa shape index (κ3) is 2.46. The molecule has 0 spiro atoms. The minimum Gasteiger partial charge on any atom is -0.354 e. The molecule has 0 bridgehead atoms. The van der Waals surface area contributed by atoms with E-state index >= 15 is 0 Å². The van der Waals surface area contributed by atoms with Crippen molar-refractivity contribution in [2.45, 2.75) is 44.2 Å². The first-order valence-electron chi connectivity index (χ1n) is 6.81. The zero-order valence-electron chi connectivity index (χ0n) is 10.6. The molecule has 2 fully saturated rings. The second kappa shape index (κ2) is 4.69. The topological polar surface area (TPSA) is 33.1 Å². The lowest BCUT2D eigenvalue weighted by Gasteiger charge is -2.32. The van der Waals surface area contributed by atoms with E-state index in [0.29, 0.717) is 12.1 Å². The molecule has 1 aromatic rings. The Labute approximate surface area is 103 Å². The predicted octanol–water partition coefficient (Wildman–Crippen LogP) is 2.11. The molecule has 2 aliphatic rings. The summed E-state index contributed by atoms with van der Waals surface area (Å²) in [7, 11) is 2.23. The third-order valence-electron chi connectivity index (χ3n) is 4.03. The summed E-state index contributed by atoms with van der Waals surface area (Å²) in [6, 6.07) is 1.39.